The van der Waals surface area contributed by atoms with E-state index in [2.05, 4.69) is 0 Å². The maximum absolute atomic E-state index is 11.9. The highest BCUT2D eigenvalue weighted by Gasteiger charge is 2.39. The van der Waals surface area contributed by atoms with Crippen molar-refractivity contribution in [3.05, 3.63) is 24.3 Å². The van der Waals surface area contributed by atoms with E-state index in [9.17, 15) is 4.79 Å². The molecule has 1 N–H and O–H groups in total. The van der Waals surface area contributed by atoms with Gasteiger partial charge in [-0.2, -0.15) is 0 Å². The average Bonchev–Trinajstić information content (AvgIpc) is 2.66. The number of alkyl halides is 1. The molecule has 0 aromatic heterocycles. The van der Waals surface area contributed by atoms with Gasteiger partial charge in [-0.1, -0.05) is 6.07 Å². The zero-order valence-corrected chi connectivity index (χ0v) is 10.2. The molecule has 0 saturated carbocycles. The first-order valence-corrected chi connectivity index (χ1v) is 5.81. The Labute approximate surface area is 105 Å². The largest absolute Gasteiger partial charge is 0.497 e. The molecule has 0 aliphatic carbocycles. The summed E-state index contributed by atoms with van der Waals surface area (Å²) in [7, 11) is 1.58. The molecule has 2 atom stereocenters. The molecule has 17 heavy (non-hydrogen) atoms. The number of carbonyl (C=O) groups is 1. The van der Waals surface area contributed by atoms with E-state index in [1.54, 1.807) is 18.1 Å². The first-order chi connectivity index (χ1) is 8.17. The van der Waals surface area contributed by atoms with Gasteiger partial charge in [0, 0.05) is 30.8 Å². The van der Waals surface area contributed by atoms with Gasteiger partial charge >= 0.3 is 0 Å². The van der Waals surface area contributed by atoms with E-state index in [0.717, 1.165) is 5.69 Å². The Morgan fingerprint density at radius 1 is 1.59 bits per heavy atom. The molecule has 1 saturated heterocycles. The van der Waals surface area contributed by atoms with Crippen LogP contribution >= 0.6 is 11.6 Å². The summed E-state index contributed by atoms with van der Waals surface area (Å²) in [6.07, 6.45) is 0. The quantitative estimate of drug-likeness (QED) is 0.828. The van der Waals surface area contributed by atoms with Crippen molar-refractivity contribution in [1.82, 2.24) is 0 Å². The van der Waals surface area contributed by atoms with Crippen LogP contribution in [-0.2, 0) is 4.79 Å². The van der Waals surface area contributed by atoms with Crippen LogP contribution in [0.5, 0.6) is 5.75 Å². The van der Waals surface area contributed by atoms with E-state index >= 15 is 0 Å². The second kappa shape index (κ2) is 4.94. The SMILES string of the molecule is COc1cccc(N2C[C@H](CO)[C@H](Cl)C2=O)c1. The number of carbonyl (C=O) groups excluding carboxylic acids is 1. The number of anilines is 1. The first-order valence-electron chi connectivity index (χ1n) is 5.37. The van der Waals surface area contributed by atoms with Crippen LogP contribution in [0.3, 0.4) is 0 Å². The number of benzene rings is 1. The van der Waals surface area contributed by atoms with Gasteiger partial charge in [0.15, 0.2) is 0 Å². The molecule has 1 fully saturated rings. The highest BCUT2D eigenvalue weighted by Crippen LogP contribution is 2.30. The van der Waals surface area contributed by atoms with E-state index in [1.807, 2.05) is 18.2 Å². The summed E-state index contributed by atoms with van der Waals surface area (Å²) >= 11 is 5.96. The fourth-order valence-corrected chi connectivity index (χ4v) is 2.21. The molecule has 1 aromatic rings. The Balaban J connectivity index is 2.25. The Bertz CT molecular complexity index is 424. The molecule has 1 heterocycles. The molecule has 1 aromatic carbocycles. The molecule has 92 valence electrons. The van der Waals surface area contributed by atoms with Gasteiger partial charge < -0.3 is 14.7 Å². The number of halogens is 1. The van der Waals surface area contributed by atoms with E-state index in [1.165, 1.54) is 0 Å². The van der Waals surface area contributed by atoms with Crippen LogP contribution in [-0.4, -0.2) is 36.7 Å². The molecule has 1 aliphatic rings. The van der Waals surface area contributed by atoms with Gasteiger partial charge in [-0.3, -0.25) is 4.79 Å². The minimum Gasteiger partial charge on any atom is -0.497 e. The van der Waals surface area contributed by atoms with Crippen molar-refractivity contribution >= 4 is 23.2 Å². The number of aliphatic hydroxyl groups excluding tert-OH is 1. The van der Waals surface area contributed by atoms with E-state index in [0.29, 0.717) is 12.3 Å². The van der Waals surface area contributed by atoms with E-state index in [4.69, 9.17) is 21.4 Å². The van der Waals surface area contributed by atoms with Crippen LogP contribution in [0.1, 0.15) is 0 Å². The van der Waals surface area contributed by atoms with Crippen LogP contribution in [0.4, 0.5) is 5.69 Å². The van der Waals surface area contributed by atoms with Gasteiger partial charge in [-0.25, -0.2) is 0 Å². The number of rotatable bonds is 3. The zero-order chi connectivity index (χ0) is 12.4. The monoisotopic (exact) mass is 255 g/mol. The lowest BCUT2D eigenvalue weighted by molar-refractivity contribution is -0.117. The van der Waals surface area contributed by atoms with Crippen molar-refractivity contribution < 1.29 is 14.6 Å². The van der Waals surface area contributed by atoms with Crippen LogP contribution in [0.15, 0.2) is 24.3 Å². The Kier molecular flexibility index (Phi) is 3.54. The van der Waals surface area contributed by atoms with Crippen molar-refractivity contribution in [2.45, 2.75) is 5.38 Å². The van der Waals surface area contributed by atoms with Crippen LogP contribution in [0.2, 0.25) is 0 Å². The molecular weight excluding hydrogens is 242 g/mol. The normalized spacial score (nSPS) is 24.2. The molecule has 0 radical (unpaired) electrons. The topological polar surface area (TPSA) is 49.8 Å². The summed E-state index contributed by atoms with van der Waals surface area (Å²) in [4.78, 5) is 13.5. The average molecular weight is 256 g/mol. The van der Waals surface area contributed by atoms with Gasteiger partial charge in [0.25, 0.3) is 0 Å². The predicted octanol–water partition coefficient (Wildman–Crippen LogP) is 1.26. The lowest BCUT2D eigenvalue weighted by Crippen LogP contribution is -2.27. The Morgan fingerprint density at radius 3 is 2.94 bits per heavy atom. The summed E-state index contributed by atoms with van der Waals surface area (Å²) in [6, 6.07) is 7.23. The molecule has 0 bridgehead atoms. The van der Waals surface area contributed by atoms with Crippen molar-refractivity contribution in [3.8, 4) is 5.75 Å². The van der Waals surface area contributed by atoms with Gasteiger partial charge in [0.05, 0.1) is 7.11 Å². The van der Waals surface area contributed by atoms with Crippen molar-refractivity contribution in [2.24, 2.45) is 5.92 Å². The number of amides is 1. The standard InChI is InChI=1S/C12H14ClNO3/c1-17-10-4-2-3-9(5-10)14-6-8(7-15)11(13)12(14)16/h2-5,8,11,15H,6-7H2,1H3/t8-,11+/m1/s1. The molecule has 0 spiro atoms. The fraction of sp³-hybridized carbons (Fsp3) is 0.417. The van der Waals surface area contributed by atoms with Gasteiger partial charge in [-0.05, 0) is 12.1 Å². The number of hydrogen-bond acceptors (Lipinski definition) is 3. The molecule has 4 nitrogen and oxygen atoms in total. The third-order valence-corrected chi connectivity index (χ3v) is 3.48. The smallest absolute Gasteiger partial charge is 0.245 e. The second-order valence-electron chi connectivity index (χ2n) is 3.99. The first kappa shape index (κ1) is 12.2. The summed E-state index contributed by atoms with van der Waals surface area (Å²) in [6.45, 7) is 0.358. The van der Waals surface area contributed by atoms with Gasteiger partial charge in [-0.15, -0.1) is 11.6 Å². The molecule has 1 amide bonds. The van der Waals surface area contributed by atoms with Crippen molar-refractivity contribution in [1.29, 1.82) is 0 Å². The van der Waals surface area contributed by atoms with Crippen molar-refractivity contribution in [3.63, 3.8) is 0 Å². The van der Waals surface area contributed by atoms with Gasteiger partial charge in [0.1, 0.15) is 11.1 Å². The maximum Gasteiger partial charge on any atom is 0.245 e. The lowest BCUT2D eigenvalue weighted by Gasteiger charge is -2.16. The van der Waals surface area contributed by atoms with E-state index < -0.39 is 5.38 Å². The van der Waals surface area contributed by atoms with Gasteiger partial charge in [0.2, 0.25) is 5.91 Å². The van der Waals surface area contributed by atoms with Crippen LogP contribution in [0.25, 0.3) is 0 Å². The lowest BCUT2D eigenvalue weighted by atomic mass is 10.1. The maximum atomic E-state index is 11.9. The highest BCUT2D eigenvalue weighted by molar-refractivity contribution is 6.34. The highest BCUT2D eigenvalue weighted by atomic mass is 35.5. The minimum absolute atomic E-state index is 0.0830. The van der Waals surface area contributed by atoms with E-state index in [-0.39, 0.29) is 18.4 Å². The Morgan fingerprint density at radius 2 is 2.35 bits per heavy atom. The number of aliphatic hydroxyl groups is 1. The molecule has 1 aliphatic heterocycles. The summed E-state index contributed by atoms with van der Waals surface area (Å²) < 4.78 is 5.11. The second-order valence-corrected chi connectivity index (χ2v) is 4.46. The van der Waals surface area contributed by atoms with Crippen LogP contribution < -0.4 is 9.64 Å². The minimum atomic E-state index is -0.647. The summed E-state index contributed by atoms with van der Waals surface area (Å²) in [5.41, 5.74) is 0.746. The molecule has 5 heteroatoms. The summed E-state index contributed by atoms with van der Waals surface area (Å²) in [5, 5.41) is 8.48. The zero-order valence-electron chi connectivity index (χ0n) is 9.47. The predicted molar refractivity (Wildman–Crippen MR) is 65.6 cm³/mol. The fourth-order valence-electron chi connectivity index (χ4n) is 1.93. The molecule has 2 rings (SSSR count). The van der Waals surface area contributed by atoms with Crippen LogP contribution in [0, 0.1) is 5.92 Å². The Hall–Kier alpha value is -1.26. The third-order valence-electron chi connectivity index (χ3n) is 2.93. The number of ether oxygens (including phenoxy) is 1. The molecular formula is C12H14ClNO3. The third kappa shape index (κ3) is 2.23. The number of methoxy groups -OCH3 is 1. The van der Waals surface area contributed by atoms with Crippen molar-refractivity contribution in [2.75, 3.05) is 25.2 Å². The number of nitrogens with zero attached hydrogens (tertiary/aromatic N) is 1. The number of hydrogen-bond donors (Lipinski definition) is 1. The molecule has 0 unspecified atom stereocenters. The summed E-state index contributed by atoms with van der Waals surface area (Å²) in [5.74, 6) is 0.309.